The first kappa shape index (κ1) is 27.1. The number of nitrogens with one attached hydrogen (secondary N) is 1. The van der Waals surface area contributed by atoms with Gasteiger partial charge in [0, 0.05) is 40.9 Å². The maximum Gasteiger partial charge on any atom is 0.326 e. The molecule has 5 rings (SSSR count). The van der Waals surface area contributed by atoms with Gasteiger partial charge in [-0.2, -0.15) is 0 Å². The van der Waals surface area contributed by atoms with Crippen LogP contribution >= 0.6 is 34.8 Å². The van der Waals surface area contributed by atoms with Crippen LogP contribution < -0.4 is 15.0 Å². The Morgan fingerprint density at radius 2 is 1.66 bits per heavy atom. The van der Waals surface area contributed by atoms with E-state index in [0.717, 1.165) is 60.5 Å². The Morgan fingerprint density at radius 1 is 0.947 bits per heavy atom. The number of benzene rings is 3. The number of likely N-dealkylation sites (tertiary alicyclic amines) is 1. The van der Waals surface area contributed by atoms with Gasteiger partial charge in [0.2, 0.25) is 0 Å². The third-order valence-electron chi connectivity index (χ3n) is 7.26. The summed E-state index contributed by atoms with van der Waals surface area (Å²) in [5.41, 5.74) is 5.11. The fourth-order valence-corrected chi connectivity index (χ4v) is 6.27. The van der Waals surface area contributed by atoms with E-state index in [1.54, 1.807) is 23.1 Å². The zero-order chi connectivity index (χ0) is 26.6. The second-order valence-corrected chi connectivity index (χ2v) is 11.0. The Hall–Kier alpha value is -2.44. The number of halogens is 3. The van der Waals surface area contributed by atoms with E-state index in [0.29, 0.717) is 39.6 Å². The van der Waals surface area contributed by atoms with E-state index in [9.17, 15) is 4.79 Å². The molecule has 0 atom stereocenters. The zero-order valence-corrected chi connectivity index (χ0v) is 23.8. The van der Waals surface area contributed by atoms with Gasteiger partial charge in [0.1, 0.15) is 12.4 Å². The summed E-state index contributed by atoms with van der Waals surface area (Å²) in [5, 5.41) is 4.46. The number of anilines is 2. The van der Waals surface area contributed by atoms with Crippen molar-refractivity contribution in [1.82, 2.24) is 10.2 Å². The average Bonchev–Trinajstić information content (AvgIpc) is 2.91. The highest BCUT2D eigenvalue weighted by atomic mass is 35.5. The topological polar surface area (TPSA) is 44.8 Å². The summed E-state index contributed by atoms with van der Waals surface area (Å²) in [5.74, 6) is 0.764. The first-order valence-electron chi connectivity index (χ1n) is 13.3. The Morgan fingerprint density at radius 3 is 2.37 bits per heavy atom. The van der Waals surface area contributed by atoms with Crippen LogP contribution in [-0.4, -0.2) is 37.2 Å². The number of carbonyl (C=O) groups is 1. The van der Waals surface area contributed by atoms with E-state index in [2.05, 4.69) is 17.1 Å². The molecule has 0 aliphatic carbocycles. The summed E-state index contributed by atoms with van der Waals surface area (Å²) in [6, 6.07) is 14.8. The van der Waals surface area contributed by atoms with Crippen molar-refractivity contribution in [3.63, 3.8) is 0 Å². The van der Waals surface area contributed by atoms with Crippen LogP contribution in [0.3, 0.4) is 0 Å². The number of para-hydroxylation sites is 1. The van der Waals surface area contributed by atoms with Crippen molar-refractivity contribution in [3.05, 3.63) is 74.7 Å². The Bertz CT molecular complexity index is 1300. The third-order valence-corrected chi connectivity index (χ3v) is 8.20. The third kappa shape index (κ3) is 5.48. The van der Waals surface area contributed by atoms with Crippen molar-refractivity contribution in [2.75, 3.05) is 31.1 Å². The zero-order valence-electron chi connectivity index (χ0n) is 21.5. The molecule has 8 heteroatoms. The number of nitrogens with zero attached hydrogens (tertiary/aromatic N) is 2. The molecule has 0 bridgehead atoms. The van der Waals surface area contributed by atoms with E-state index in [-0.39, 0.29) is 6.03 Å². The molecular formula is C30H32Cl3N3O2. The summed E-state index contributed by atoms with van der Waals surface area (Å²) in [6.45, 7) is 6.17. The minimum absolute atomic E-state index is 0.292. The molecule has 2 heterocycles. The van der Waals surface area contributed by atoms with Gasteiger partial charge in [-0.05, 0) is 56.1 Å². The molecular weight excluding hydrogens is 541 g/mol. The number of fused-ring (bicyclic) bond motifs is 1. The van der Waals surface area contributed by atoms with Crippen LogP contribution in [0.25, 0.3) is 11.1 Å². The van der Waals surface area contributed by atoms with Crippen LogP contribution in [0, 0.1) is 0 Å². The lowest BCUT2D eigenvalue weighted by Gasteiger charge is -2.34. The minimum atomic E-state index is -0.292. The largest absolute Gasteiger partial charge is 0.492 e. The van der Waals surface area contributed by atoms with Crippen molar-refractivity contribution in [1.29, 1.82) is 0 Å². The number of urea groups is 1. The Labute approximate surface area is 239 Å². The number of hydrogen-bond acceptors (Lipinski definition) is 3. The van der Waals surface area contributed by atoms with Gasteiger partial charge in [-0.25, -0.2) is 4.79 Å². The van der Waals surface area contributed by atoms with Crippen molar-refractivity contribution in [3.8, 4) is 16.9 Å². The highest BCUT2D eigenvalue weighted by molar-refractivity contribution is 6.40. The van der Waals surface area contributed by atoms with Crippen LogP contribution in [0.15, 0.2) is 48.5 Å². The number of hydrogen-bond donors (Lipinski definition) is 1. The monoisotopic (exact) mass is 571 g/mol. The highest BCUT2D eigenvalue weighted by Crippen LogP contribution is 2.48. The first-order valence-corrected chi connectivity index (χ1v) is 14.4. The van der Waals surface area contributed by atoms with Crippen LogP contribution in [0.2, 0.25) is 15.1 Å². The Kier molecular flexibility index (Phi) is 8.69. The van der Waals surface area contributed by atoms with Crippen molar-refractivity contribution < 1.29 is 9.53 Å². The maximum absolute atomic E-state index is 13.3. The molecule has 0 unspecified atom stereocenters. The van der Waals surface area contributed by atoms with Gasteiger partial charge in [-0.1, -0.05) is 78.8 Å². The van der Waals surface area contributed by atoms with Gasteiger partial charge < -0.3 is 10.1 Å². The molecule has 38 heavy (non-hydrogen) atoms. The second kappa shape index (κ2) is 12.2. The Balaban J connectivity index is 1.67. The summed E-state index contributed by atoms with van der Waals surface area (Å²) in [7, 11) is 0. The van der Waals surface area contributed by atoms with Crippen molar-refractivity contribution in [2.45, 2.75) is 45.6 Å². The molecule has 3 aromatic rings. The highest BCUT2D eigenvalue weighted by Gasteiger charge is 2.33. The number of piperidine rings is 1. The van der Waals surface area contributed by atoms with Gasteiger partial charge >= 0.3 is 6.03 Å². The van der Waals surface area contributed by atoms with E-state index in [4.69, 9.17) is 39.5 Å². The summed E-state index contributed by atoms with van der Waals surface area (Å²) in [4.78, 5) is 17.4. The van der Waals surface area contributed by atoms with Gasteiger partial charge in [-0.3, -0.25) is 9.80 Å². The van der Waals surface area contributed by atoms with Crippen LogP contribution in [0.4, 0.5) is 16.2 Å². The summed E-state index contributed by atoms with van der Waals surface area (Å²) >= 11 is 20.0. The van der Waals surface area contributed by atoms with Crippen LogP contribution in [-0.2, 0) is 13.0 Å². The van der Waals surface area contributed by atoms with Gasteiger partial charge in [-0.15, -0.1) is 0 Å². The fourth-order valence-electron chi connectivity index (χ4n) is 5.47. The average molecular weight is 573 g/mol. The number of ether oxygens (including phenoxy) is 1. The number of rotatable bonds is 8. The number of amides is 2. The molecule has 2 amide bonds. The predicted octanol–water partition coefficient (Wildman–Crippen LogP) is 8.49. The quantitative estimate of drug-likeness (QED) is 0.294. The van der Waals surface area contributed by atoms with Gasteiger partial charge in [0.25, 0.3) is 0 Å². The minimum Gasteiger partial charge on any atom is -0.492 e. The first-order chi connectivity index (χ1) is 18.5. The fraction of sp³-hybridized carbons (Fsp3) is 0.367. The number of carbonyl (C=O) groups excluding carboxylic acids is 1. The van der Waals surface area contributed by atoms with Gasteiger partial charge in [0.05, 0.1) is 21.4 Å². The van der Waals surface area contributed by atoms with Crippen LogP contribution in [0.5, 0.6) is 5.75 Å². The molecule has 5 nitrogen and oxygen atoms in total. The lowest BCUT2D eigenvalue weighted by molar-refractivity contribution is 0.183. The van der Waals surface area contributed by atoms with E-state index >= 15 is 0 Å². The molecule has 0 saturated carbocycles. The summed E-state index contributed by atoms with van der Waals surface area (Å²) in [6.07, 6.45) is 5.52. The molecule has 0 spiro atoms. The molecule has 1 fully saturated rings. The lowest BCUT2D eigenvalue weighted by atomic mass is 9.88. The molecule has 0 aromatic heterocycles. The van der Waals surface area contributed by atoms with Crippen LogP contribution in [0.1, 0.15) is 43.7 Å². The smallest absolute Gasteiger partial charge is 0.326 e. The lowest BCUT2D eigenvalue weighted by Crippen LogP contribution is -2.42. The van der Waals surface area contributed by atoms with Crippen molar-refractivity contribution >= 4 is 52.2 Å². The van der Waals surface area contributed by atoms with E-state index in [1.807, 2.05) is 30.3 Å². The molecule has 3 aromatic carbocycles. The standard InChI is InChI=1S/C30H32Cl3N3O2/c1-2-9-21-27(38-17-16-35-14-6-3-7-15-35)18-26-22(28(21)20-10-4-5-11-23(20)31)19-34-30(37)36(26)29-24(32)12-8-13-25(29)33/h4-5,8,10-13,18H,2-3,6-7,9,14-17,19H2,1H3,(H,34,37). The SMILES string of the molecule is CCCc1c(OCCN2CCCCC2)cc2c(c1-c1ccccc1Cl)CNC(=O)N2c1c(Cl)cccc1Cl. The molecule has 1 N–H and O–H groups in total. The van der Waals surface area contributed by atoms with E-state index < -0.39 is 0 Å². The predicted molar refractivity (Wildman–Crippen MR) is 158 cm³/mol. The van der Waals surface area contributed by atoms with Crippen molar-refractivity contribution in [2.24, 2.45) is 0 Å². The molecule has 2 aliphatic rings. The molecule has 1 saturated heterocycles. The molecule has 200 valence electrons. The van der Waals surface area contributed by atoms with E-state index in [1.165, 1.54) is 19.3 Å². The maximum atomic E-state index is 13.3. The van der Waals surface area contributed by atoms with Gasteiger partial charge in [0.15, 0.2) is 0 Å². The second-order valence-electron chi connectivity index (χ2n) is 9.77. The molecule has 0 radical (unpaired) electrons. The summed E-state index contributed by atoms with van der Waals surface area (Å²) < 4.78 is 6.53. The molecule has 2 aliphatic heterocycles. The normalized spacial score (nSPS) is 15.8.